The number of ether oxygens (including phenoxy) is 12. The fourth-order valence-corrected chi connectivity index (χ4v) is 15.1. The smallest absolute Gasteiger partial charge is 0.332 e. The standard InChI is InChI=1S/2C18H32O9S.2C17H29NO7S/c2*1-10(2)26-18(25-9-20)6-14(22)12(5-13(21)11(3)8-28-4)17(27-18)16(24)15(23)7-19;2*1-10(2)24-17(23-9-19)7-14(22)16(18-12(4)20)15(25-17)6-13(21)11(3)8-26-5/h2*9-12,14-17,19,22-24H,5-8H2,1-4H3;2*9-11,14-16,22H,6-8H2,1-5H3,(H,18,20). The maximum atomic E-state index is 12.5. The van der Waals surface area contributed by atoms with Crippen LogP contribution in [0.15, 0.2) is 0 Å². The molecule has 4 aliphatic heterocycles. The van der Waals surface area contributed by atoms with Crippen molar-refractivity contribution in [2.75, 3.05) is 61.2 Å². The Labute approximate surface area is 649 Å². The number of Topliss-reactive ketones (excluding diaryl/α,β-unsaturated/α-hetero) is 4. The van der Waals surface area contributed by atoms with Gasteiger partial charge in [-0.1, -0.05) is 27.7 Å². The van der Waals surface area contributed by atoms with E-state index in [1.165, 1.54) is 37.4 Å². The lowest BCUT2D eigenvalue weighted by Gasteiger charge is -2.47. The second-order valence-corrected chi connectivity index (χ2v) is 31.8. The van der Waals surface area contributed by atoms with Crippen LogP contribution >= 0.6 is 47.0 Å². The first-order valence-electron chi connectivity index (χ1n) is 35.6. The fourth-order valence-electron chi connectivity index (χ4n) is 12.4. The second kappa shape index (κ2) is 50.4. The first kappa shape index (κ1) is 102. The van der Waals surface area contributed by atoms with Gasteiger partial charge in [-0.2, -0.15) is 47.0 Å². The Balaban J connectivity index is 0.000000720. The van der Waals surface area contributed by atoms with Gasteiger partial charge in [-0.05, 0) is 80.4 Å². The van der Waals surface area contributed by atoms with Crippen molar-refractivity contribution in [1.29, 1.82) is 0 Å². The number of aliphatic hydroxyl groups is 10. The van der Waals surface area contributed by atoms with Gasteiger partial charge in [-0.15, -0.1) is 0 Å². The zero-order valence-corrected chi connectivity index (χ0v) is 68.4. The predicted octanol–water partition coefficient (Wildman–Crippen LogP) is 1.06. The van der Waals surface area contributed by atoms with E-state index in [2.05, 4.69) is 10.6 Å². The molecule has 4 heterocycles. The molecule has 0 saturated carbocycles. The van der Waals surface area contributed by atoms with E-state index in [0.29, 0.717) is 23.0 Å². The molecule has 628 valence electrons. The molecule has 12 N–H and O–H groups in total. The van der Waals surface area contributed by atoms with Gasteiger partial charge in [0.2, 0.25) is 11.8 Å². The van der Waals surface area contributed by atoms with Gasteiger partial charge in [0, 0.05) is 98.0 Å². The Morgan fingerprint density at radius 1 is 0.407 bits per heavy atom. The quantitative estimate of drug-likeness (QED) is 0.0230. The summed E-state index contributed by atoms with van der Waals surface area (Å²) in [6, 6.07) is -1.62. The molecule has 4 rings (SSSR count). The van der Waals surface area contributed by atoms with Crippen molar-refractivity contribution in [3.63, 3.8) is 0 Å². The molecule has 0 bridgehead atoms. The minimum absolute atomic E-state index is 0.0465. The molecule has 0 aliphatic carbocycles. The number of nitrogens with one attached hydrogen (secondary N) is 2. The van der Waals surface area contributed by atoms with Gasteiger partial charge in [0.1, 0.15) is 47.5 Å². The van der Waals surface area contributed by atoms with Crippen LogP contribution in [0.1, 0.15) is 148 Å². The zero-order valence-electron chi connectivity index (χ0n) is 65.2. The third-order valence-corrected chi connectivity index (χ3v) is 20.6. The highest BCUT2D eigenvalue weighted by molar-refractivity contribution is 7.99. The van der Waals surface area contributed by atoms with Crippen molar-refractivity contribution >= 4 is 108 Å². The van der Waals surface area contributed by atoms with Crippen molar-refractivity contribution in [3.8, 4) is 0 Å². The van der Waals surface area contributed by atoms with Gasteiger partial charge in [0.05, 0.1) is 124 Å². The molecule has 0 radical (unpaired) electrons. The number of thioether (sulfide) groups is 4. The number of ketones is 4. The van der Waals surface area contributed by atoms with E-state index < -0.39 is 146 Å². The van der Waals surface area contributed by atoms with Crippen LogP contribution in [0, 0.1) is 35.5 Å². The number of hydrogen-bond acceptors (Lipinski definition) is 36. The highest BCUT2D eigenvalue weighted by atomic mass is 32.2. The molecular formula is C70H122N2O32S4. The Hall–Kier alpha value is -3.82. The van der Waals surface area contributed by atoms with Gasteiger partial charge in [-0.25, -0.2) is 0 Å². The van der Waals surface area contributed by atoms with Crippen molar-refractivity contribution in [2.24, 2.45) is 35.5 Å². The lowest BCUT2D eigenvalue weighted by Crippen LogP contribution is -2.63. The van der Waals surface area contributed by atoms with Crippen molar-refractivity contribution in [2.45, 2.75) is 282 Å². The molecule has 4 fully saturated rings. The molecule has 108 heavy (non-hydrogen) atoms. The molecule has 4 saturated heterocycles. The monoisotopic (exact) mass is 1630 g/mol. The van der Waals surface area contributed by atoms with Gasteiger partial charge in [-0.3, -0.25) is 47.9 Å². The van der Waals surface area contributed by atoms with Crippen molar-refractivity contribution in [1.82, 2.24) is 10.6 Å². The van der Waals surface area contributed by atoms with E-state index in [-0.39, 0.29) is 148 Å². The number of carbonyl (C=O) groups is 10. The number of carbonyl (C=O) groups excluding carboxylic acids is 10. The van der Waals surface area contributed by atoms with Crippen LogP contribution in [-0.2, 0) is 105 Å². The molecule has 24 atom stereocenters. The van der Waals surface area contributed by atoms with Crippen LogP contribution < -0.4 is 10.6 Å². The van der Waals surface area contributed by atoms with Gasteiger partial charge < -0.3 is 119 Å². The van der Waals surface area contributed by atoms with Crippen LogP contribution in [0.3, 0.4) is 0 Å². The summed E-state index contributed by atoms with van der Waals surface area (Å²) in [6.45, 7) is 22.4. The van der Waals surface area contributed by atoms with Gasteiger partial charge in [0.15, 0.2) is 0 Å². The summed E-state index contributed by atoms with van der Waals surface area (Å²) >= 11 is 6.13. The highest BCUT2D eigenvalue weighted by Crippen LogP contribution is 2.43. The topological polar surface area (TPSA) is 508 Å². The van der Waals surface area contributed by atoms with Gasteiger partial charge >= 0.3 is 23.9 Å². The Kier molecular flexibility index (Phi) is 47.7. The molecule has 24 unspecified atom stereocenters. The summed E-state index contributed by atoms with van der Waals surface area (Å²) in [5.41, 5.74) is 0. The molecule has 0 aromatic rings. The molecule has 0 spiro atoms. The number of rotatable bonds is 44. The minimum atomic E-state index is -1.97. The highest BCUT2D eigenvalue weighted by Gasteiger charge is 2.57. The number of hydrogen-bond donors (Lipinski definition) is 12. The summed E-state index contributed by atoms with van der Waals surface area (Å²) in [5.74, 6) is -8.88. The van der Waals surface area contributed by atoms with Crippen LogP contribution in [0.2, 0.25) is 0 Å². The molecular weight excluding hydrogens is 1510 g/mol. The second-order valence-electron chi connectivity index (χ2n) is 28.2. The summed E-state index contributed by atoms with van der Waals surface area (Å²) in [5, 5.41) is 107. The lowest BCUT2D eigenvalue weighted by atomic mass is 9.80. The fraction of sp³-hybridized carbons (Fsp3) is 0.857. The summed E-state index contributed by atoms with van der Waals surface area (Å²) in [4.78, 5) is 117. The van der Waals surface area contributed by atoms with E-state index >= 15 is 0 Å². The average molecular weight is 1630 g/mol. The molecule has 2 amide bonds. The van der Waals surface area contributed by atoms with Crippen LogP contribution in [0.4, 0.5) is 0 Å². The Bertz CT molecular complexity index is 2540. The van der Waals surface area contributed by atoms with Crippen LogP contribution in [-0.4, -0.2) is 307 Å². The van der Waals surface area contributed by atoms with Crippen molar-refractivity contribution < 1.29 is 156 Å². The molecule has 38 heteroatoms. The largest absolute Gasteiger partial charge is 0.410 e. The van der Waals surface area contributed by atoms with E-state index in [1.807, 2.05) is 38.9 Å². The van der Waals surface area contributed by atoms with Crippen molar-refractivity contribution in [3.05, 3.63) is 0 Å². The maximum absolute atomic E-state index is 12.5. The Morgan fingerprint density at radius 2 is 0.639 bits per heavy atom. The molecule has 0 aromatic heterocycles. The number of amides is 2. The van der Waals surface area contributed by atoms with Crippen LogP contribution in [0.25, 0.3) is 0 Å². The molecule has 4 aliphatic rings. The average Bonchev–Trinajstić information content (AvgIpc) is 0.837. The first-order valence-corrected chi connectivity index (χ1v) is 41.2. The maximum Gasteiger partial charge on any atom is 0.332 e. The summed E-state index contributed by atoms with van der Waals surface area (Å²) in [7, 11) is 0. The summed E-state index contributed by atoms with van der Waals surface area (Å²) < 4.78 is 65.3. The predicted molar refractivity (Wildman–Crippen MR) is 395 cm³/mol. The number of aliphatic hydroxyl groups excluding tert-OH is 10. The first-order chi connectivity index (χ1) is 50.5. The Morgan fingerprint density at radius 3 is 0.852 bits per heavy atom. The normalized spacial score (nSPS) is 30.6. The van der Waals surface area contributed by atoms with Crippen LogP contribution in [0.5, 0.6) is 0 Å². The lowest BCUT2D eigenvalue weighted by molar-refractivity contribution is -0.423. The van der Waals surface area contributed by atoms with E-state index in [0.717, 1.165) is 0 Å². The van der Waals surface area contributed by atoms with E-state index in [9.17, 15) is 99.0 Å². The third kappa shape index (κ3) is 33.7. The van der Waals surface area contributed by atoms with E-state index in [4.69, 9.17) is 56.8 Å². The third-order valence-electron chi connectivity index (χ3n) is 17.3. The summed E-state index contributed by atoms with van der Waals surface area (Å²) in [6.07, 6.45) is -10.8. The minimum Gasteiger partial charge on any atom is -0.410 e. The zero-order chi connectivity index (χ0) is 82.8. The molecule has 0 aromatic carbocycles. The van der Waals surface area contributed by atoms with Gasteiger partial charge in [0.25, 0.3) is 25.9 Å². The SMILES string of the molecule is CSCC(C)C(=O)CC1C(O)CC(OC=O)(OC(C)C)OC1C(O)C(O)CO.CSCC(C)C(=O)CC1C(O)CC(OC=O)(OC(C)C)OC1C(O)C(O)CO.CSCC(C)C(=O)CC1OC(OC=O)(OC(C)C)CC(O)C1NC(C)=O.CSCC(C)C(=O)CC1OC(OC=O)(OC(C)C)CC(O)C1NC(C)=O. The van der Waals surface area contributed by atoms with E-state index in [1.54, 1.807) is 92.8 Å². The molecule has 34 nitrogen and oxygen atoms in total.